The minimum Gasteiger partial charge on any atom is -0.196 e. The normalized spacial score (nSPS) is 12.0. The zero-order valence-corrected chi connectivity index (χ0v) is 16.6. The van der Waals surface area contributed by atoms with E-state index in [9.17, 15) is 0 Å². The molecule has 0 amide bonds. The van der Waals surface area contributed by atoms with E-state index >= 15 is 0 Å². The molecule has 0 bridgehead atoms. The van der Waals surface area contributed by atoms with Crippen molar-refractivity contribution in [3.8, 4) is 33.9 Å². The van der Waals surface area contributed by atoms with Gasteiger partial charge in [-0.25, -0.2) is 0 Å². The van der Waals surface area contributed by atoms with E-state index in [-0.39, 0.29) is 0 Å². The zero-order chi connectivity index (χ0) is 19.3. The van der Waals surface area contributed by atoms with Gasteiger partial charge in [-0.15, -0.1) is 0 Å². The van der Waals surface area contributed by atoms with Crippen LogP contribution >= 0.6 is 0 Å². The standard InChI is InChI=1S/C25H24N3/c1-26-14-8-6-12-22(26)24-17-20-19-11-5-4-10-18(19)16-21(20)25(28(24)3)23-13-7-9-15-27(23)2/h4-15,17H,16H2,1-3H3/q+3. The second kappa shape index (κ2) is 6.38. The molecule has 0 fully saturated rings. The largest absolute Gasteiger partial charge is 0.281 e. The average molecular weight is 366 g/mol. The summed E-state index contributed by atoms with van der Waals surface area (Å²) in [6.07, 6.45) is 5.21. The van der Waals surface area contributed by atoms with E-state index in [4.69, 9.17) is 0 Å². The SMILES string of the molecule is C[n+]1ccccc1-c1cc2c(c(-c3cccc[n+]3C)[n+]1C)Cc1ccccc1-2. The average Bonchev–Trinajstić information content (AvgIpc) is 3.07. The summed E-state index contributed by atoms with van der Waals surface area (Å²) in [4.78, 5) is 0. The Labute approximate surface area is 165 Å². The third kappa shape index (κ3) is 2.47. The van der Waals surface area contributed by atoms with Crippen LogP contribution in [0.5, 0.6) is 0 Å². The Kier molecular flexibility index (Phi) is 3.83. The number of aromatic nitrogens is 3. The lowest BCUT2D eigenvalue weighted by molar-refractivity contribution is -0.697. The molecule has 3 heteroatoms. The van der Waals surface area contributed by atoms with Gasteiger partial charge in [-0.1, -0.05) is 24.3 Å². The first-order valence-electron chi connectivity index (χ1n) is 9.69. The van der Waals surface area contributed by atoms with Crippen LogP contribution in [0.3, 0.4) is 0 Å². The summed E-state index contributed by atoms with van der Waals surface area (Å²) in [5.41, 5.74) is 10.5. The molecule has 136 valence electrons. The van der Waals surface area contributed by atoms with E-state index in [1.165, 1.54) is 45.0 Å². The number of nitrogens with zero attached hydrogens (tertiary/aromatic N) is 3. The first-order chi connectivity index (χ1) is 13.6. The van der Waals surface area contributed by atoms with Gasteiger partial charge in [0.1, 0.15) is 21.1 Å². The molecule has 1 aliphatic rings. The highest BCUT2D eigenvalue weighted by Gasteiger charge is 2.35. The Morgan fingerprint density at radius 3 is 2.00 bits per heavy atom. The number of aryl methyl sites for hydroxylation is 2. The van der Waals surface area contributed by atoms with Crippen LogP contribution in [-0.2, 0) is 27.6 Å². The monoisotopic (exact) mass is 366 g/mol. The predicted octanol–water partition coefficient (Wildman–Crippen LogP) is 3.07. The Balaban J connectivity index is 1.89. The minimum absolute atomic E-state index is 0.977. The highest BCUT2D eigenvalue weighted by atomic mass is 15.0. The fourth-order valence-corrected chi connectivity index (χ4v) is 4.45. The molecule has 4 aromatic rings. The molecule has 3 nitrogen and oxygen atoms in total. The first-order valence-corrected chi connectivity index (χ1v) is 9.69. The van der Waals surface area contributed by atoms with Crippen LogP contribution in [0.15, 0.2) is 79.1 Å². The van der Waals surface area contributed by atoms with Crippen molar-refractivity contribution < 1.29 is 13.7 Å². The van der Waals surface area contributed by atoms with Gasteiger partial charge < -0.3 is 0 Å². The smallest absolute Gasteiger partial charge is 0.196 e. The van der Waals surface area contributed by atoms with E-state index in [0.29, 0.717) is 0 Å². The molecule has 0 saturated heterocycles. The first kappa shape index (κ1) is 16.8. The van der Waals surface area contributed by atoms with Gasteiger partial charge >= 0.3 is 0 Å². The van der Waals surface area contributed by atoms with Crippen molar-refractivity contribution in [3.63, 3.8) is 0 Å². The molecule has 1 aliphatic carbocycles. The van der Waals surface area contributed by atoms with Crippen molar-refractivity contribution in [2.75, 3.05) is 0 Å². The molecule has 0 N–H and O–H groups in total. The van der Waals surface area contributed by atoms with Gasteiger partial charge in [0, 0.05) is 42.3 Å². The number of rotatable bonds is 2. The lowest BCUT2D eigenvalue weighted by Crippen LogP contribution is -2.43. The van der Waals surface area contributed by atoms with Crippen LogP contribution < -0.4 is 13.7 Å². The second-order valence-corrected chi connectivity index (χ2v) is 7.56. The highest BCUT2D eigenvalue weighted by Crippen LogP contribution is 2.40. The van der Waals surface area contributed by atoms with E-state index in [1.54, 1.807) is 0 Å². The van der Waals surface area contributed by atoms with E-state index in [0.717, 1.165) is 6.42 Å². The van der Waals surface area contributed by atoms with Gasteiger partial charge in [-0.3, -0.25) is 0 Å². The summed E-state index contributed by atoms with van der Waals surface area (Å²) < 4.78 is 6.76. The Morgan fingerprint density at radius 1 is 0.643 bits per heavy atom. The molecule has 5 rings (SSSR count). The molecule has 0 unspecified atom stereocenters. The molecular formula is C25H24N3+3. The number of benzene rings is 1. The Morgan fingerprint density at radius 2 is 1.29 bits per heavy atom. The maximum atomic E-state index is 2.36. The van der Waals surface area contributed by atoms with Crippen molar-refractivity contribution >= 4 is 0 Å². The Bertz CT molecular complexity index is 1220. The molecule has 3 heterocycles. The summed E-state index contributed by atoms with van der Waals surface area (Å²) in [6, 6.07) is 24.0. The minimum atomic E-state index is 0.977. The highest BCUT2D eigenvalue weighted by molar-refractivity contribution is 5.82. The molecule has 0 aliphatic heterocycles. The van der Waals surface area contributed by atoms with Gasteiger partial charge in [0.2, 0.25) is 0 Å². The molecule has 0 radical (unpaired) electrons. The molecule has 0 spiro atoms. The summed E-state index contributed by atoms with van der Waals surface area (Å²) in [6.45, 7) is 0. The quantitative estimate of drug-likeness (QED) is 0.426. The summed E-state index contributed by atoms with van der Waals surface area (Å²) >= 11 is 0. The number of fused-ring (bicyclic) bond motifs is 3. The van der Waals surface area contributed by atoms with Crippen LogP contribution in [0, 0.1) is 0 Å². The topological polar surface area (TPSA) is 11.6 Å². The van der Waals surface area contributed by atoms with Crippen LogP contribution in [0.2, 0.25) is 0 Å². The fraction of sp³-hybridized carbons (Fsp3) is 0.160. The van der Waals surface area contributed by atoms with Gasteiger partial charge in [0.15, 0.2) is 12.4 Å². The molecule has 0 saturated carbocycles. The lowest BCUT2D eigenvalue weighted by atomic mass is 10.0. The van der Waals surface area contributed by atoms with Crippen LogP contribution in [0.25, 0.3) is 33.9 Å². The van der Waals surface area contributed by atoms with Gasteiger partial charge in [0.05, 0.1) is 0 Å². The van der Waals surface area contributed by atoms with Gasteiger partial charge in [-0.2, -0.15) is 13.7 Å². The lowest BCUT2D eigenvalue weighted by Gasteiger charge is -2.09. The number of pyridine rings is 3. The molecule has 0 atom stereocenters. The molecule has 1 aromatic carbocycles. The molecule has 3 aromatic heterocycles. The maximum absolute atomic E-state index is 2.36. The van der Waals surface area contributed by atoms with Gasteiger partial charge in [-0.05, 0) is 28.8 Å². The maximum Gasteiger partial charge on any atom is 0.281 e. The zero-order valence-electron chi connectivity index (χ0n) is 16.6. The van der Waals surface area contributed by atoms with Crippen molar-refractivity contribution in [3.05, 3.63) is 90.3 Å². The van der Waals surface area contributed by atoms with Gasteiger partial charge in [0.25, 0.3) is 22.8 Å². The fourth-order valence-electron chi connectivity index (χ4n) is 4.45. The van der Waals surface area contributed by atoms with Crippen LogP contribution in [-0.4, -0.2) is 0 Å². The van der Waals surface area contributed by atoms with E-state index < -0.39 is 0 Å². The second-order valence-electron chi connectivity index (χ2n) is 7.56. The third-order valence-electron chi connectivity index (χ3n) is 5.88. The van der Waals surface area contributed by atoms with Crippen molar-refractivity contribution in [1.29, 1.82) is 0 Å². The number of hydrogen-bond acceptors (Lipinski definition) is 0. The Hall–Kier alpha value is -3.33. The molecular weight excluding hydrogens is 342 g/mol. The summed E-state index contributed by atoms with van der Waals surface area (Å²) in [5, 5.41) is 0. The summed E-state index contributed by atoms with van der Waals surface area (Å²) in [7, 11) is 6.42. The number of hydrogen-bond donors (Lipinski definition) is 0. The van der Waals surface area contributed by atoms with Crippen molar-refractivity contribution in [2.45, 2.75) is 6.42 Å². The summed E-state index contributed by atoms with van der Waals surface area (Å²) in [5.74, 6) is 0. The van der Waals surface area contributed by atoms with Crippen molar-refractivity contribution in [1.82, 2.24) is 0 Å². The third-order valence-corrected chi connectivity index (χ3v) is 5.88. The van der Waals surface area contributed by atoms with E-state index in [1.807, 2.05) is 0 Å². The van der Waals surface area contributed by atoms with Crippen LogP contribution in [0.4, 0.5) is 0 Å². The predicted molar refractivity (Wildman–Crippen MR) is 109 cm³/mol. The van der Waals surface area contributed by atoms with Crippen molar-refractivity contribution in [2.24, 2.45) is 21.1 Å². The molecule has 28 heavy (non-hydrogen) atoms. The van der Waals surface area contributed by atoms with Crippen LogP contribution in [0.1, 0.15) is 11.1 Å². The van der Waals surface area contributed by atoms with E-state index in [2.05, 4.69) is 114 Å².